The van der Waals surface area contributed by atoms with Gasteiger partial charge in [-0.3, -0.25) is 9.83 Å². The van der Waals surface area contributed by atoms with Crippen LogP contribution < -0.4 is 5.43 Å². The van der Waals surface area contributed by atoms with Crippen LogP contribution >= 0.6 is 0 Å². The molecule has 0 fully saturated rings. The number of rotatable bonds is 3. The van der Waals surface area contributed by atoms with E-state index in [1.165, 1.54) is 12.3 Å². The van der Waals surface area contributed by atoms with Crippen LogP contribution in [0.5, 0.6) is 0 Å². The average Bonchev–Trinajstić information content (AvgIpc) is 3.07. The van der Waals surface area contributed by atoms with E-state index in [9.17, 15) is 4.39 Å². The summed E-state index contributed by atoms with van der Waals surface area (Å²) in [6.45, 7) is 0. The van der Waals surface area contributed by atoms with Crippen LogP contribution in [0.1, 0.15) is 5.56 Å². The van der Waals surface area contributed by atoms with Crippen LogP contribution in [0, 0.1) is 5.82 Å². The van der Waals surface area contributed by atoms with Crippen LogP contribution in [0.3, 0.4) is 0 Å². The Morgan fingerprint density at radius 2 is 1.91 bits per heavy atom. The summed E-state index contributed by atoms with van der Waals surface area (Å²) in [5.74, 6) is 0.117. The maximum atomic E-state index is 13.6. The second-order valence-electron chi connectivity index (χ2n) is 4.87. The molecule has 0 spiro atoms. The van der Waals surface area contributed by atoms with Crippen molar-refractivity contribution in [1.82, 2.24) is 19.6 Å². The topological polar surface area (TPSA) is 67.5 Å². The van der Waals surface area contributed by atoms with Crippen LogP contribution in [0.25, 0.3) is 16.7 Å². The fourth-order valence-electron chi connectivity index (χ4n) is 2.32. The van der Waals surface area contributed by atoms with Gasteiger partial charge in [-0.1, -0.05) is 30.3 Å². The van der Waals surface area contributed by atoms with Crippen molar-refractivity contribution in [3.05, 3.63) is 66.2 Å². The van der Waals surface area contributed by atoms with E-state index in [2.05, 4.69) is 25.7 Å². The molecule has 0 saturated heterocycles. The molecule has 0 amide bonds. The van der Waals surface area contributed by atoms with E-state index in [-0.39, 0.29) is 5.82 Å². The molecule has 4 aromatic rings. The Bertz CT molecular complexity index is 1020. The minimum Gasteiger partial charge on any atom is -0.277 e. The van der Waals surface area contributed by atoms with Gasteiger partial charge in [-0.2, -0.15) is 5.10 Å². The molecule has 112 valence electrons. The van der Waals surface area contributed by atoms with Gasteiger partial charge in [0.2, 0.25) is 5.65 Å². The minimum atomic E-state index is -0.336. The number of halogens is 1. The number of fused-ring (bicyclic) bond motifs is 3. The fourth-order valence-corrected chi connectivity index (χ4v) is 2.32. The van der Waals surface area contributed by atoms with Gasteiger partial charge in [0.25, 0.3) is 0 Å². The van der Waals surface area contributed by atoms with Gasteiger partial charge < -0.3 is 0 Å². The molecule has 0 saturated carbocycles. The molecule has 4 rings (SSSR count). The number of nitrogens with one attached hydrogen (secondary N) is 1. The molecule has 0 bridgehead atoms. The number of hydrazone groups is 1. The Kier molecular flexibility index (Phi) is 3.16. The lowest BCUT2D eigenvalue weighted by Gasteiger charge is -2.05. The Hall–Kier alpha value is -3.35. The highest BCUT2D eigenvalue weighted by Gasteiger charge is 2.09. The van der Waals surface area contributed by atoms with Crippen molar-refractivity contribution in [3.63, 3.8) is 0 Å². The molecular formula is C16H11FN6. The molecule has 0 unspecified atom stereocenters. The van der Waals surface area contributed by atoms with E-state index in [0.717, 1.165) is 11.0 Å². The molecule has 23 heavy (non-hydrogen) atoms. The van der Waals surface area contributed by atoms with Gasteiger partial charge >= 0.3 is 0 Å². The van der Waals surface area contributed by atoms with E-state index in [4.69, 9.17) is 0 Å². The summed E-state index contributed by atoms with van der Waals surface area (Å²) < 4.78 is 15.4. The number of para-hydroxylation sites is 2. The van der Waals surface area contributed by atoms with Crippen LogP contribution in [-0.2, 0) is 0 Å². The number of anilines is 1. The lowest BCUT2D eigenvalue weighted by molar-refractivity contribution is 0.626. The first kappa shape index (κ1) is 13.3. The molecule has 0 atom stereocenters. The maximum absolute atomic E-state index is 13.6. The predicted molar refractivity (Wildman–Crippen MR) is 85.9 cm³/mol. The van der Waals surface area contributed by atoms with Crippen LogP contribution in [0.4, 0.5) is 10.2 Å². The molecular weight excluding hydrogens is 295 g/mol. The summed E-state index contributed by atoms with van der Waals surface area (Å²) in [4.78, 5) is 4.49. The first-order chi connectivity index (χ1) is 11.3. The Morgan fingerprint density at radius 1 is 1.09 bits per heavy atom. The molecule has 7 heteroatoms. The number of nitrogens with zero attached hydrogens (tertiary/aromatic N) is 5. The van der Waals surface area contributed by atoms with Gasteiger partial charge in [0.05, 0.1) is 17.2 Å². The summed E-state index contributed by atoms with van der Waals surface area (Å²) in [6, 6.07) is 14.0. The molecule has 0 aliphatic rings. The first-order valence-corrected chi connectivity index (χ1v) is 6.95. The second-order valence-corrected chi connectivity index (χ2v) is 4.87. The Labute approximate surface area is 130 Å². The van der Waals surface area contributed by atoms with E-state index < -0.39 is 0 Å². The van der Waals surface area contributed by atoms with Crippen molar-refractivity contribution < 1.29 is 4.39 Å². The number of hydrogen-bond donors (Lipinski definition) is 1. The molecule has 0 aliphatic heterocycles. The monoisotopic (exact) mass is 306 g/mol. The highest BCUT2D eigenvalue weighted by Crippen LogP contribution is 2.19. The first-order valence-electron chi connectivity index (χ1n) is 6.95. The summed E-state index contributed by atoms with van der Waals surface area (Å²) in [5, 5.41) is 12.0. The third-order valence-corrected chi connectivity index (χ3v) is 3.41. The minimum absolute atomic E-state index is 0.336. The van der Waals surface area contributed by atoms with Gasteiger partial charge in [0.1, 0.15) is 12.1 Å². The third kappa shape index (κ3) is 2.38. The SMILES string of the molecule is Fc1ccccc1C=NNc1nc2ccccc2n2cnnc12. The zero-order chi connectivity index (χ0) is 15.6. The van der Waals surface area contributed by atoms with Crippen molar-refractivity contribution in [2.75, 3.05) is 5.43 Å². The van der Waals surface area contributed by atoms with Gasteiger partial charge in [-0.15, -0.1) is 10.2 Å². The summed E-state index contributed by atoms with van der Waals surface area (Å²) in [7, 11) is 0. The lowest BCUT2D eigenvalue weighted by atomic mass is 10.2. The van der Waals surface area contributed by atoms with Gasteiger partial charge in [-0.05, 0) is 18.2 Å². The Morgan fingerprint density at radius 3 is 2.83 bits per heavy atom. The summed E-state index contributed by atoms with van der Waals surface area (Å²) >= 11 is 0. The summed E-state index contributed by atoms with van der Waals surface area (Å²) in [5.41, 5.74) is 5.43. The second kappa shape index (κ2) is 5.45. The smallest absolute Gasteiger partial charge is 0.205 e. The normalized spacial score (nSPS) is 11.5. The highest BCUT2D eigenvalue weighted by atomic mass is 19.1. The van der Waals surface area contributed by atoms with Crippen molar-refractivity contribution in [2.45, 2.75) is 0 Å². The average molecular weight is 306 g/mol. The molecule has 2 aromatic heterocycles. The van der Waals surface area contributed by atoms with Crippen LogP contribution in [0.15, 0.2) is 60.0 Å². The highest BCUT2D eigenvalue weighted by molar-refractivity contribution is 5.84. The zero-order valence-corrected chi connectivity index (χ0v) is 11.9. The maximum Gasteiger partial charge on any atom is 0.205 e. The largest absolute Gasteiger partial charge is 0.277 e. The molecule has 2 heterocycles. The van der Waals surface area contributed by atoms with Gasteiger partial charge in [0, 0.05) is 5.56 Å². The fraction of sp³-hybridized carbons (Fsp3) is 0. The van der Waals surface area contributed by atoms with E-state index in [0.29, 0.717) is 17.0 Å². The molecule has 0 radical (unpaired) electrons. The van der Waals surface area contributed by atoms with Crippen molar-refractivity contribution >= 4 is 28.7 Å². The van der Waals surface area contributed by atoms with Gasteiger partial charge in [0.15, 0.2) is 5.82 Å². The molecule has 2 aromatic carbocycles. The molecule has 1 N–H and O–H groups in total. The number of hydrogen-bond acceptors (Lipinski definition) is 5. The standard InChI is InChI=1S/C16H11FN6/c17-12-6-2-1-5-11(12)9-18-21-15-16-22-19-10-23(16)14-8-4-3-7-13(14)20-15/h1-10H,(H,20,21). The third-order valence-electron chi connectivity index (χ3n) is 3.41. The van der Waals surface area contributed by atoms with Crippen LogP contribution in [0.2, 0.25) is 0 Å². The molecule has 6 nitrogen and oxygen atoms in total. The van der Waals surface area contributed by atoms with E-state index in [1.54, 1.807) is 24.5 Å². The van der Waals surface area contributed by atoms with Crippen molar-refractivity contribution in [3.8, 4) is 0 Å². The Balaban J connectivity index is 1.73. The van der Waals surface area contributed by atoms with Crippen LogP contribution in [-0.4, -0.2) is 25.8 Å². The van der Waals surface area contributed by atoms with Gasteiger partial charge in [-0.25, -0.2) is 9.37 Å². The van der Waals surface area contributed by atoms with E-state index >= 15 is 0 Å². The van der Waals surface area contributed by atoms with Crippen molar-refractivity contribution in [1.29, 1.82) is 0 Å². The summed E-state index contributed by atoms with van der Waals surface area (Å²) in [6.07, 6.45) is 3.02. The zero-order valence-electron chi connectivity index (χ0n) is 11.9. The molecule has 0 aliphatic carbocycles. The van der Waals surface area contributed by atoms with E-state index in [1.807, 2.05) is 28.7 Å². The predicted octanol–water partition coefficient (Wildman–Crippen LogP) is 2.86. The quantitative estimate of drug-likeness (QED) is 0.467. The number of aromatic nitrogens is 4. The van der Waals surface area contributed by atoms with Crippen molar-refractivity contribution in [2.24, 2.45) is 5.10 Å². The number of benzene rings is 2. The lowest BCUT2D eigenvalue weighted by Crippen LogP contribution is -2.00.